The fraction of sp³-hybridized carbons (Fsp3) is 0.857. The van der Waals surface area contributed by atoms with E-state index in [0.717, 1.165) is 6.42 Å². The van der Waals surface area contributed by atoms with Crippen molar-refractivity contribution in [2.45, 2.75) is 38.7 Å². The number of rotatable bonds is 5. The zero-order valence-corrected chi connectivity index (χ0v) is 6.17. The van der Waals surface area contributed by atoms with Gasteiger partial charge in [0.15, 0.2) is 0 Å². The number of carbonyl (C=O) groups excluding carboxylic acids is 1. The molecule has 0 saturated heterocycles. The molecule has 0 amide bonds. The Labute approximate surface area is 60.7 Å². The van der Waals surface area contributed by atoms with E-state index >= 15 is 0 Å². The summed E-state index contributed by atoms with van der Waals surface area (Å²) in [4.78, 5) is 9.89. The molecule has 0 radical (unpaired) electrons. The van der Waals surface area contributed by atoms with E-state index in [9.17, 15) is 9.90 Å². The van der Waals surface area contributed by atoms with Gasteiger partial charge in [-0.1, -0.05) is 13.3 Å². The van der Waals surface area contributed by atoms with E-state index in [4.69, 9.17) is 5.11 Å². The molecule has 0 aromatic heterocycles. The van der Waals surface area contributed by atoms with Crippen LogP contribution in [-0.2, 0) is 4.79 Å². The van der Waals surface area contributed by atoms with Gasteiger partial charge in [-0.2, -0.15) is 0 Å². The van der Waals surface area contributed by atoms with E-state index in [1.807, 2.05) is 6.92 Å². The van der Waals surface area contributed by atoms with Gasteiger partial charge in [-0.15, -0.1) is 0 Å². The average Bonchev–Trinajstić information content (AvgIpc) is 1.85. The average molecular weight is 145 g/mol. The first-order valence-corrected chi connectivity index (χ1v) is 3.54. The van der Waals surface area contributed by atoms with Gasteiger partial charge >= 0.3 is 0 Å². The van der Waals surface area contributed by atoms with Crippen LogP contribution in [0.25, 0.3) is 0 Å². The van der Waals surface area contributed by atoms with Crippen molar-refractivity contribution in [3.8, 4) is 0 Å². The van der Waals surface area contributed by atoms with Gasteiger partial charge in [-0.3, -0.25) is 0 Å². The Morgan fingerprint density at radius 1 is 1.60 bits per heavy atom. The van der Waals surface area contributed by atoms with Crippen molar-refractivity contribution in [3.05, 3.63) is 0 Å². The number of carboxylic acid groups (broad SMARTS) is 1. The minimum absolute atomic E-state index is 0.0405. The summed E-state index contributed by atoms with van der Waals surface area (Å²) in [5.74, 6) is -1.09. The van der Waals surface area contributed by atoms with E-state index in [0.29, 0.717) is 12.8 Å². The smallest absolute Gasteiger partial charge is 0.0543 e. The molecule has 1 atom stereocenters. The second-order valence-electron chi connectivity index (χ2n) is 2.35. The summed E-state index contributed by atoms with van der Waals surface area (Å²) in [6.07, 6.45) is 1.36. The van der Waals surface area contributed by atoms with Crippen LogP contribution in [0.3, 0.4) is 0 Å². The molecule has 3 nitrogen and oxygen atoms in total. The molecule has 0 aromatic rings. The maximum absolute atomic E-state index is 9.89. The van der Waals surface area contributed by atoms with Gasteiger partial charge in [0.05, 0.1) is 6.10 Å². The van der Waals surface area contributed by atoms with Gasteiger partial charge in [0.2, 0.25) is 0 Å². The van der Waals surface area contributed by atoms with Gasteiger partial charge in [0, 0.05) is 5.97 Å². The molecule has 10 heavy (non-hydrogen) atoms. The third-order valence-corrected chi connectivity index (χ3v) is 1.30. The van der Waals surface area contributed by atoms with Gasteiger partial charge in [0.1, 0.15) is 0 Å². The molecular formula is C7H13O3-. The highest BCUT2D eigenvalue weighted by atomic mass is 16.4. The highest BCUT2D eigenvalue weighted by Crippen LogP contribution is 2.02. The third kappa shape index (κ3) is 5.56. The standard InChI is InChI=1S/C7H14O3/c1-2-3-6(8)4-5-7(9)10/h6,8H,2-5H2,1H3,(H,9,10)/p-1/t6-/m1/s1. The van der Waals surface area contributed by atoms with Crippen LogP contribution in [0.4, 0.5) is 0 Å². The molecule has 0 aliphatic heterocycles. The first kappa shape index (κ1) is 9.43. The zero-order chi connectivity index (χ0) is 7.98. The molecule has 0 rings (SSSR count). The largest absolute Gasteiger partial charge is 0.550 e. The second-order valence-corrected chi connectivity index (χ2v) is 2.35. The molecule has 0 spiro atoms. The Bertz CT molecular complexity index is 101. The van der Waals surface area contributed by atoms with Gasteiger partial charge in [-0.25, -0.2) is 0 Å². The van der Waals surface area contributed by atoms with Gasteiger partial charge in [-0.05, 0) is 19.3 Å². The number of aliphatic hydroxyl groups is 1. The summed E-state index contributed by atoms with van der Waals surface area (Å²) < 4.78 is 0. The SMILES string of the molecule is CCC[C@@H](O)CCC(=O)[O-]. The Morgan fingerprint density at radius 3 is 2.60 bits per heavy atom. The van der Waals surface area contributed by atoms with Gasteiger partial charge < -0.3 is 15.0 Å². The highest BCUT2D eigenvalue weighted by Gasteiger charge is 2.00. The van der Waals surface area contributed by atoms with Crippen LogP contribution in [0.2, 0.25) is 0 Å². The topological polar surface area (TPSA) is 60.4 Å². The van der Waals surface area contributed by atoms with Crippen LogP contribution in [0.15, 0.2) is 0 Å². The first-order chi connectivity index (χ1) is 4.66. The molecule has 0 bridgehead atoms. The van der Waals surface area contributed by atoms with Crippen molar-refractivity contribution in [1.29, 1.82) is 0 Å². The van der Waals surface area contributed by atoms with Crippen molar-refractivity contribution >= 4 is 5.97 Å². The van der Waals surface area contributed by atoms with Crippen molar-refractivity contribution < 1.29 is 15.0 Å². The van der Waals surface area contributed by atoms with Crippen molar-refractivity contribution in [1.82, 2.24) is 0 Å². The maximum atomic E-state index is 9.89. The number of hydrogen-bond acceptors (Lipinski definition) is 3. The summed E-state index contributed by atoms with van der Waals surface area (Å²) in [6, 6.07) is 0. The Morgan fingerprint density at radius 2 is 2.20 bits per heavy atom. The van der Waals surface area contributed by atoms with Crippen LogP contribution in [0, 0.1) is 0 Å². The fourth-order valence-electron chi connectivity index (χ4n) is 0.762. The number of aliphatic carboxylic acids is 1. The normalized spacial score (nSPS) is 13.0. The lowest BCUT2D eigenvalue weighted by molar-refractivity contribution is -0.306. The zero-order valence-electron chi connectivity index (χ0n) is 6.17. The first-order valence-electron chi connectivity index (χ1n) is 3.54. The van der Waals surface area contributed by atoms with E-state index in [2.05, 4.69) is 0 Å². The highest BCUT2D eigenvalue weighted by molar-refractivity contribution is 5.64. The number of hydrogen-bond donors (Lipinski definition) is 1. The molecule has 0 unspecified atom stereocenters. The molecule has 0 saturated carbocycles. The molecule has 60 valence electrons. The van der Waals surface area contributed by atoms with E-state index in [1.54, 1.807) is 0 Å². The van der Waals surface area contributed by atoms with Crippen molar-refractivity contribution in [2.75, 3.05) is 0 Å². The number of carboxylic acids is 1. The lowest BCUT2D eigenvalue weighted by atomic mass is 10.1. The minimum atomic E-state index is -1.09. The van der Waals surface area contributed by atoms with Crippen LogP contribution in [0.1, 0.15) is 32.6 Å². The Balaban J connectivity index is 3.21. The van der Waals surface area contributed by atoms with E-state index in [-0.39, 0.29) is 6.42 Å². The predicted octanol–water partition coefficient (Wildman–Crippen LogP) is -0.323. The number of aliphatic hydroxyl groups excluding tert-OH is 1. The summed E-state index contributed by atoms with van der Waals surface area (Å²) >= 11 is 0. The summed E-state index contributed by atoms with van der Waals surface area (Å²) in [5, 5.41) is 18.9. The molecule has 0 fully saturated rings. The fourth-order valence-corrected chi connectivity index (χ4v) is 0.762. The lowest BCUT2D eigenvalue weighted by Crippen LogP contribution is -2.23. The molecule has 0 aliphatic carbocycles. The van der Waals surface area contributed by atoms with Gasteiger partial charge in [0.25, 0.3) is 0 Å². The van der Waals surface area contributed by atoms with Crippen molar-refractivity contribution in [2.24, 2.45) is 0 Å². The monoisotopic (exact) mass is 145 g/mol. The minimum Gasteiger partial charge on any atom is -0.550 e. The van der Waals surface area contributed by atoms with Crippen LogP contribution >= 0.6 is 0 Å². The third-order valence-electron chi connectivity index (χ3n) is 1.30. The van der Waals surface area contributed by atoms with E-state index in [1.165, 1.54) is 0 Å². The molecule has 0 aromatic carbocycles. The number of carbonyl (C=O) groups is 1. The predicted molar refractivity (Wildman–Crippen MR) is 35.2 cm³/mol. The van der Waals surface area contributed by atoms with Crippen molar-refractivity contribution in [3.63, 3.8) is 0 Å². The van der Waals surface area contributed by atoms with Crippen LogP contribution < -0.4 is 5.11 Å². The Hall–Kier alpha value is -0.570. The molecule has 0 aliphatic rings. The van der Waals surface area contributed by atoms with Crippen LogP contribution in [-0.4, -0.2) is 17.2 Å². The summed E-state index contributed by atoms with van der Waals surface area (Å²) in [6.45, 7) is 1.95. The summed E-state index contributed by atoms with van der Waals surface area (Å²) in [7, 11) is 0. The van der Waals surface area contributed by atoms with E-state index < -0.39 is 12.1 Å². The molecule has 3 heteroatoms. The molecule has 0 heterocycles. The molecular weight excluding hydrogens is 132 g/mol. The lowest BCUT2D eigenvalue weighted by Gasteiger charge is -2.08. The second kappa shape index (κ2) is 5.23. The summed E-state index contributed by atoms with van der Waals surface area (Å²) in [5.41, 5.74) is 0. The Kier molecular flexibility index (Phi) is 4.94. The maximum Gasteiger partial charge on any atom is 0.0543 e. The van der Waals surface area contributed by atoms with Crippen LogP contribution in [0.5, 0.6) is 0 Å². The molecule has 1 N–H and O–H groups in total. The quantitative estimate of drug-likeness (QED) is 0.576.